The van der Waals surface area contributed by atoms with Crippen LogP contribution < -0.4 is 15.8 Å². The molecule has 0 aliphatic carbocycles. The lowest BCUT2D eigenvalue weighted by Gasteiger charge is -2.26. The maximum Gasteiger partial charge on any atom is 0.262 e. The van der Waals surface area contributed by atoms with Crippen molar-refractivity contribution < 1.29 is 27.5 Å². The number of aryl methyl sites for hydroxylation is 1. The molecule has 160 valence electrons. The molecule has 2 amide bonds. The molecule has 0 saturated carbocycles. The number of sulfonamides is 1. The zero-order valence-electron chi connectivity index (χ0n) is 16.5. The molecule has 9 nitrogen and oxygen atoms in total. The van der Waals surface area contributed by atoms with E-state index >= 15 is 0 Å². The average molecular weight is 433 g/mol. The fourth-order valence-electron chi connectivity index (χ4n) is 2.94. The summed E-state index contributed by atoms with van der Waals surface area (Å²) in [6, 6.07) is 10.7. The number of hydrogen-bond donors (Lipinski definition) is 2. The molecule has 0 aromatic heterocycles. The molecular formula is C20H23N3O6S. The first-order valence-electron chi connectivity index (χ1n) is 9.28. The molecule has 1 saturated heterocycles. The lowest BCUT2D eigenvalue weighted by Crippen LogP contribution is -2.40. The molecule has 3 N–H and O–H groups in total. The summed E-state index contributed by atoms with van der Waals surface area (Å²) in [7, 11) is -3.60. The molecule has 30 heavy (non-hydrogen) atoms. The Balaban J connectivity index is 1.60. The van der Waals surface area contributed by atoms with Crippen molar-refractivity contribution >= 4 is 27.5 Å². The number of nitrogens with two attached hydrogens (primary N) is 1. The fraction of sp³-hybridized carbons (Fsp3) is 0.300. The number of carbonyl (C=O) groups is 2. The summed E-state index contributed by atoms with van der Waals surface area (Å²) in [4.78, 5) is 23.4. The van der Waals surface area contributed by atoms with Crippen molar-refractivity contribution in [3.8, 4) is 5.75 Å². The second-order valence-corrected chi connectivity index (χ2v) is 8.66. The molecule has 1 aliphatic rings. The van der Waals surface area contributed by atoms with Crippen molar-refractivity contribution in [2.45, 2.75) is 11.8 Å². The number of hydrogen-bond acceptors (Lipinski definition) is 6. The number of nitrogens with one attached hydrogen (secondary N) is 1. The third kappa shape index (κ3) is 5.15. The first-order chi connectivity index (χ1) is 14.3. The van der Waals surface area contributed by atoms with Gasteiger partial charge in [0.2, 0.25) is 15.9 Å². The third-order valence-corrected chi connectivity index (χ3v) is 6.46. The van der Waals surface area contributed by atoms with E-state index in [2.05, 4.69) is 5.32 Å². The quantitative estimate of drug-likeness (QED) is 0.674. The standard InChI is InChI=1S/C20H23N3O6S/c1-14-12-17(30(26,27)23-8-10-28-11-9-23)6-7-18(14)29-13-19(24)22-16-4-2-15(3-5-16)20(21)25/h2-7,12H,8-11,13H2,1H3,(H2,21,25)(H,22,24). The second-order valence-electron chi connectivity index (χ2n) is 6.72. The van der Waals surface area contributed by atoms with E-state index in [9.17, 15) is 18.0 Å². The molecular weight excluding hydrogens is 410 g/mol. The molecule has 1 fully saturated rings. The minimum Gasteiger partial charge on any atom is -0.483 e. The Kier molecular flexibility index (Phi) is 6.70. The van der Waals surface area contributed by atoms with Crippen LogP contribution in [0, 0.1) is 6.92 Å². The van der Waals surface area contributed by atoms with Gasteiger partial charge in [0.1, 0.15) is 5.75 Å². The molecule has 1 heterocycles. The van der Waals surface area contributed by atoms with E-state index in [1.54, 1.807) is 19.1 Å². The molecule has 10 heteroatoms. The minimum absolute atomic E-state index is 0.174. The van der Waals surface area contributed by atoms with Crippen LogP contribution in [0.4, 0.5) is 5.69 Å². The van der Waals surface area contributed by atoms with Crippen LogP contribution in [0.2, 0.25) is 0 Å². The van der Waals surface area contributed by atoms with E-state index in [1.165, 1.54) is 34.6 Å². The van der Waals surface area contributed by atoms with Crippen molar-refractivity contribution in [1.29, 1.82) is 0 Å². The Morgan fingerprint density at radius 1 is 1.13 bits per heavy atom. The van der Waals surface area contributed by atoms with Gasteiger partial charge in [-0.1, -0.05) is 0 Å². The first kappa shape index (κ1) is 21.8. The summed E-state index contributed by atoms with van der Waals surface area (Å²) < 4.78 is 37.6. The molecule has 0 spiro atoms. The van der Waals surface area contributed by atoms with Gasteiger partial charge in [-0.05, 0) is 55.0 Å². The number of morpholine rings is 1. The van der Waals surface area contributed by atoms with Gasteiger partial charge in [-0.3, -0.25) is 9.59 Å². The Morgan fingerprint density at radius 2 is 1.80 bits per heavy atom. The summed E-state index contributed by atoms with van der Waals surface area (Å²) in [6.45, 7) is 2.85. The van der Waals surface area contributed by atoms with Gasteiger partial charge in [0.25, 0.3) is 5.91 Å². The predicted molar refractivity (Wildman–Crippen MR) is 110 cm³/mol. The van der Waals surface area contributed by atoms with Crippen LogP contribution in [0.1, 0.15) is 15.9 Å². The average Bonchev–Trinajstić information content (AvgIpc) is 2.73. The van der Waals surface area contributed by atoms with Crippen LogP contribution in [0.3, 0.4) is 0 Å². The summed E-state index contributed by atoms with van der Waals surface area (Å²) in [5.41, 5.74) is 6.62. The number of amides is 2. The zero-order chi connectivity index (χ0) is 21.7. The second kappa shape index (κ2) is 9.24. The van der Waals surface area contributed by atoms with Gasteiger partial charge in [-0.15, -0.1) is 0 Å². The number of carbonyl (C=O) groups excluding carboxylic acids is 2. The number of nitrogens with zero attached hydrogens (tertiary/aromatic N) is 1. The van der Waals surface area contributed by atoms with Crippen LogP contribution in [-0.2, 0) is 19.6 Å². The molecule has 0 atom stereocenters. The molecule has 0 radical (unpaired) electrons. The van der Waals surface area contributed by atoms with E-state index in [-0.39, 0.29) is 11.5 Å². The van der Waals surface area contributed by atoms with Gasteiger partial charge in [-0.25, -0.2) is 8.42 Å². The lowest BCUT2D eigenvalue weighted by molar-refractivity contribution is -0.118. The highest BCUT2D eigenvalue weighted by atomic mass is 32.2. The normalized spacial score (nSPS) is 14.8. The topological polar surface area (TPSA) is 128 Å². The third-order valence-electron chi connectivity index (χ3n) is 4.57. The highest BCUT2D eigenvalue weighted by Gasteiger charge is 2.26. The molecule has 0 bridgehead atoms. The van der Waals surface area contributed by atoms with Crippen molar-refractivity contribution in [3.63, 3.8) is 0 Å². The van der Waals surface area contributed by atoms with Gasteiger partial charge in [0.05, 0.1) is 18.1 Å². The Morgan fingerprint density at radius 3 is 2.40 bits per heavy atom. The number of rotatable bonds is 7. The summed E-state index contributed by atoms with van der Waals surface area (Å²) in [5, 5.41) is 2.65. The van der Waals surface area contributed by atoms with Gasteiger partial charge in [0, 0.05) is 24.3 Å². The highest BCUT2D eigenvalue weighted by Crippen LogP contribution is 2.24. The van der Waals surface area contributed by atoms with Crippen molar-refractivity contribution in [3.05, 3.63) is 53.6 Å². The van der Waals surface area contributed by atoms with Crippen molar-refractivity contribution in [2.75, 3.05) is 38.2 Å². The Hall–Kier alpha value is -2.95. The van der Waals surface area contributed by atoms with Crippen LogP contribution in [0.15, 0.2) is 47.4 Å². The predicted octanol–water partition coefficient (Wildman–Crippen LogP) is 1.13. The van der Waals surface area contributed by atoms with E-state index in [1.807, 2.05) is 0 Å². The maximum absolute atomic E-state index is 12.7. The van der Waals surface area contributed by atoms with Gasteiger partial charge < -0.3 is 20.5 Å². The number of primary amides is 1. The van der Waals surface area contributed by atoms with E-state index < -0.39 is 21.8 Å². The molecule has 0 unspecified atom stereocenters. The monoisotopic (exact) mass is 433 g/mol. The fourth-order valence-corrected chi connectivity index (χ4v) is 4.43. The zero-order valence-corrected chi connectivity index (χ0v) is 17.3. The summed E-state index contributed by atoms with van der Waals surface area (Å²) >= 11 is 0. The van der Waals surface area contributed by atoms with Crippen LogP contribution >= 0.6 is 0 Å². The largest absolute Gasteiger partial charge is 0.483 e. The van der Waals surface area contributed by atoms with E-state index in [4.69, 9.17) is 15.2 Å². The first-order valence-corrected chi connectivity index (χ1v) is 10.7. The van der Waals surface area contributed by atoms with E-state index in [0.29, 0.717) is 48.9 Å². The Labute approximate surface area is 174 Å². The number of anilines is 1. The smallest absolute Gasteiger partial charge is 0.262 e. The lowest BCUT2D eigenvalue weighted by atomic mass is 10.2. The van der Waals surface area contributed by atoms with Crippen LogP contribution in [0.25, 0.3) is 0 Å². The van der Waals surface area contributed by atoms with Crippen molar-refractivity contribution in [2.24, 2.45) is 5.73 Å². The molecule has 1 aliphatic heterocycles. The maximum atomic E-state index is 12.7. The molecule has 2 aromatic carbocycles. The summed E-state index contributed by atoms with van der Waals surface area (Å²) in [5.74, 6) is -0.535. The van der Waals surface area contributed by atoms with Crippen molar-refractivity contribution in [1.82, 2.24) is 4.31 Å². The van der Waals surface area contributed by atoms with Gasteiger partial charge in [0.15, 0.2) is 6.61 Å². The minimum atomic E-state index is -3.60. The van der Waals surface area contributed by atoms with Gasteiger partial charge >= 0.3 is 0 Å². The van der Waals surface area contributed by atoms with Crippen LogP contribution in [0.5, 0.6) is 5.75 Å². The molecule has 3 rings (SSSR count). The van der Waals surface area contributed by atoms with Crippen LogP contribution in [-0.4, -0.2) is 57.4 Å². The Bertz CT molecular complexity index is 1030. The highest BCUT2D eigenvalue weighted by molar-refractivity contribution is 7.89. The number of benzene rings is 2. The van der Waals surface area contributed by atoms with E-state index in [0.717, 1.165) is 0 Å². The summed E-state index contributed by atoms with van der Waals surface area (Å²) in [6.07, 6.45) is 0. The van der Waals surface area contributed by atoms with Gasteiger partial charge in [-0.2, -0.15) is 4.31 Å². The number of ether oxygens (including phenoxy) is 2. The SMILES string of the molecule is Cc1cc(S(=O)(=O)N2CCOCC2)ccc1OCC(=O)Nc1ccc(C(N)=O)cc1. The molecule has 2 aromatic rings.